The van der Waals surface area contributed by atoms with Gasteiger partial charge in [-0.2, -0.15) is 0 Å². The van der Waals surface area contributed by atoms with Crippen LogP contribution in [0.5, 0.6) is 5.75 Å². The average Bonchev–Trinajstić information content (AvgIpc) is 3.01. The zero-order valence-electron chi connectivity index (χ0n) is 11.1. The molecule has 2 heterocycles. The summed E-state index contributed by atoms with van der Waals surface area (Å²) < 4.78 is 5.17. The number of rotatable bonds is 3. The molecule has 0 amide bonds. The number of methoxy groups -OCH3 is 1. The molecule has 0 bridgehead atoms. The number of hydrogen-bond acceptors (Lipinski definition) is 5. The van der Waals surface area contributed by atoms with Gasteiger partial charge in [0.2, 0.25) is 0 Å². The normalized spacial score (nSPS) is 30.0. The number of hydrogen-bond donors (Lipinski definition) is 5. The van der Waals surface area contributed by atoms with E-state index in [0.717, 1.165) is 22.2 Å². The van der Waals surface area contributed by atoms with E-state index in [1.54, 1.807) is 13.3 Å². The van der Waals surface area contributed by atoms with Gasteiger partial charge in [0.05, 0.1) is 31.9 Å². The summed E-state index contributed by atoms with van der Waals surface area (Å²) in [6.45, 7) is -0.217. The van der Waals surface area contributed by atoms with E-state index in [0.29, 0.717) is 0 Å². The van der Waals surface area contributed by atoms with Crippen molar-refractivity contribution in [1.82, 2.24) is 10.3 Å². The van der Waals surface area contributed by atoms with Crippen LogP contribution in [0.15, 0.2) is 24.4 Å². The lowest BCUT2D eigenvalue weighted by molar-refractivity contribution is 0.0196. The van der Waals surface area contributed by atoms with Crippen molar-refractivity contribution < 1.29 is 20.1 Å². The fraction of sp³-hybridized carbons (Fsp3) is 0.429. The van der Waals surface area contributed by atoms with Gasteiger partial charge >= 0.3 is 0 Å². The third kappa shape index (κ3) is 1.97. The Kier molecular flexibility index (Phi) is 3.39. The fourth-order valence-electron chi connectivity index (χ4n) is 2.81. The second-order valence-corrected chi connectivity index (χ2v) is 5.07. The third-order valence-electron chi connectivity index (χ3n) is 3.95. The lowest BCUT2D eigenvalue weighted by Gasteiger charge is -2.15. The predicted octanol–water partition coefficient (Wildman–Crippen LogP) is -0.0965. The molecule has 4 atom stereocenters. The highest BCUT2D eigenvalue weighted by molar-refractivity contribution is 5.85. The van der Waals surface area contributed by atoms with Gasteiger partial charge in [0.1, 0.15) is 11.9 Å². The summed E-state index contributed by atoms with van der Waals surface area (Å²) in [6.07, 6.45) is -0.126. The molecule has 0 saturated carbocycles. The topological polar surface area (TPSA) is 97.7 Å². The molecule has 3 rings (SSSR count). The van der Waals surface area contributed by atoms with E-state index in [-0.39, 0.29) is 6.61 Å². The molecular weight excluding hydrogens is 260 g/mol. The highest BCUT2D eigenvalue weighted by Crippen LogP contribution is 2.33. The molecule has 1 aliphatic rings. The Labute approximate surface area is 116 Å². The average molecular weight is 278 g/mol. The number of nitrogens with one attached hydrogen (secondary N) is 2. The molecule has 1 aliphatic heterocycles. The second kappa shape index (κ2) is 5.06. The van der Waals surface area contributed by atoms with Crippen molar-refractivity contribution in [3.63, 3.8) is 0 Å². The largest absolute Gasteiger partial charge is 0.497 e. The summed E-state index contributed by atoms with van der Waals surface area (Å²) in [5.41, 5.74) is 1.76. The summed E-state index contributed by atoms with van der Waals surface area (Å²) in [5, 5.41) is 33.2. The minimum absolute atomic E-state index is 0.217. The summed E-state index contributed by atoms with van der Waals surface area (Å²) in [6, 6.07) is 4.70. The Hall–Kier alpha value is -1.60. The van der Waals surface area contributed by atoms with Gasteiger partial charge in [-0.3, -0.25) is 0 Å². The van der Waals surface area contributed by atoms with Gasteiger partial charge in [0.25, 0.3) is 0 Å². The molecule has 1 saturated heterocycles. The quantitative estimate of drug-likeness (QED) is 0.540. The monoisotopic (exact) mass is 278 g/mol. The minimum atomic E-state index is -0.979. The maximum atomic E-state index is 10.1. The minimum Gasteiger partial charge on any atom is -0.497 e. The first kappa shape index (κ1) is 13.4. The number of aromatic nitrogens is 1. The van der Waals surface area contributed by atoms with Crippen molar-refractivity contribution in [1.29, 1.82) is 0 Å². The van der Waals surface area contributed by atoms with E-state index in [1.807, 2.05) is 18.2 Å². The highest BCUT2D eigenvalue weighted by atomic mass is 16.5. The van der Waals surface area contributed by atoms with Crippen molar-refractivity contribution in [3.8, 4) is 5.75 Å². The molecule has 1 aromatic carbocycles. The van der Waals surface area contributed by atoms with Gasteiger partial charge in [-0.1, -0.05) is 0 Å². The Bertz CT molecular complexity index is 612. The van der Waals surface area contributed by atoms with Crippen LogP contribution in [0.2, 0.25) is 0 Å². The SMILES string of the molecule is COc1ccc2c([C@@H]3N[C@@H](CO)[C@H](O)[C@H]3O)c[nH]c2c1. The lowest BCUT2D eigenvalue weighted by Crippen LogP contribution is -2.35. The number of aliphatic hydroxyl groups is 3. The number of benzene rings is 1. The van der Waals surface area contributed by atoms with Crippen molar-refractivity contribution in [2.75, 3.05) is 13.7 Å². The van der Waals surface area contributed by atoms with E-state index in [1.165, 1.54) is 0 Å². The van der Waals surface area contributed by atoms with Gasteiger partial charge in [-0.05, 0) is 17.7 Å². The maximum absolute atomic E-state index is 10.1. The smallest absolute Gasteiger partial charge is 0.120 e. The molecule has 0 unspecified atom stereocenters. The van der Waals surface area contributed by atoms with Crippen LogP contribution in [0, 0.1) is 0 Å². The molecule has 108 valence electrons. The fourth-order valence-corrected chi connectivity index (χ4v) is 2.81. The molecule has 1 aromatic heterocycles. The molecule has 1 fully saturated rings. The Morgan fingerprint density at radius 1 is 1.25 bits per heavy atom. The van der Waals surface area contributed by atoms with Crippen molar-refractivity contribution in [2.24, 2.45) is 0 Å². The zero-order valence-corrected chi connectivity index (χ0v) is 11.1. The predicted molar refractivity (Wildman–Crippen MR) is 73.6 cm³/mol. The Balaban J connectivity index is 1.98. The molecule has 0 aliphatic carbocycles. The number of aromatic amines is 1. The maximum Gasteiger partial charge on any atom is 0.120 e. The summed E-state index contributed by atoms with van der Waals surface area (Å²) >= 11 is 0. The van der Waals surface area contributed by atoms with Gasteiger partial charge < -0.3 is 30.4 Å². The van der Waals surface area contributed by atoms with E-state index in [2.05, 4.69) is 10.3 Å². The number of aliphatic hydroxyl groups excluding tert-OH is 3. The van der Waals surface area contributed by atoms with Crippen molar-refractivity contribution in [2.45, 2.75) is 24.3 Å². The van der Waals surface area contributed by atoms with Crippen LogP contribution in [0.4, 0.5) is 0 Å². The first-order valence-corrected chi connectivity index (χ1v) is 6.53. The summed E-state index contributed by atoms with van der Waals surface area (Å²) in [5.74, 6) is 0.749. The molecule has 6 nitrogen and oxygen atoms in total. The molecular formula is C14H18N2O4. The van der Waals surface area contributed by atoms with Gasteiger partial charge in [0, 0.05) is 23.2 Å². The highest BCUT2D eigenvalue weighted by Gasteiger charge is 2.42. The Morgan fingerprint density at radius 2 is 2.05 bits per heavy atom. The van der Waals surface area contributed by atoms with Crippen LogP contribution in [-0.4, -0.2) is 52.3 Å². The van der Waals surface area contributed by atoms with Crippen LogP contribution in [0.1, 0.15) is 11.6 Å². The van der Waals surface area contributed by atoms with E-state index in [4.69, 9.17) is 4.74 Å². The van der Waals surface area contributed by atoms with E-state index >= 15 is 0 Å². The number of ether oxygens (including phenoxy) is 1. The summed E-state index contributed by atoms with van der Waals surface area (Å²) in [7, 11) is 1.61. The van der Waals surface area contributed by atoms with Crippen molar-refractivity contribution in [3.05, 3.63) is 30.0 Å². The first-order chi connectivity index (χ1) is 9.65. The molecule has 0 spiro atoms. The molecule has 5 N–H and O–H groups in total. The van der Waals surface area contributed by atoms with Crippen LogP contribution in [0.3, 0.4) is 0 Å². The van der Waals surface area contributed by atoms with Crippen molar-refractivity contribution >= 4 is 10.9 Å². The van der Waals surface area contributed by atoms with Crippen LogP contribution < -0.4 is 10.1 Å². The second-order valence-electron chi connectivity index (χ2n) is 5.07. The van der Waals surface area contributed by atoms with Gasteiger partial charge in [0.15, 0.2) is 0 Å². The molecule has 20 heavy (non-hydrogen) atoms. The van der Waals surface area contributed by atoms with Crippen LogP contribution in [-0.2, 0) is 0 Å². The van der Waals surface area contributed by atoms with Crippen LogP contribution >= 0.6 is 0 Å². The lowest BCUT2D eigenvalue weighted by atomic mass is 10.0. The zero-order chi connectivity index (χ0) is 14.3. The van der Waals surface area contributed by atoms with Crippen LogP contribution in [0.25, 0.3) is 10.9 Å². The van der Waals surface area contributed by atoms with E-state index in [9.17, 15) is 15.3 Å². The van der Waals surface area contributed by atoms with Gasteiger partial charge in [-0.25, -0.2) is 0 Å². The van der Waals surface area contributed by atoms with Gasteiger partial charge in [-0.15, -0.1) is 0 Å². The molecule has 6 heteroatoms. The first-order valence-electron chi connectivity index (χ1n) is 6.53. The standard InChI is InChI=1S/C14H18N2O4/c1-20-7-2-3-8-9(5-15-10(8)4-7)12-14(19)13(18)11(6-17)16-12/h2-5,11-19H,6H2,1H3/t11-,12-,13-,14-/m0/s1. The third-order valence-corrected chi connectivity index (χ3v) is 3.95. The molecule has 0 radical (unpaired) electrons. The van der Waals surface area contributed by atoms with E-state index < -0.39 is 24.3 Å². The number of H-pyrrole nitrogens is 1. The summed E-state index contributed by atoms with van der Waals surface area (Å²) in [4.78, 5) is 3.13. The molecule has 2 aromatic rings. The Morgan fingerprint density at radius 3 is 2.70 bits per heavy atom. The number of fused-ring (bicyclic) bond motifs is 1.